The first kappa shape index (κ1) is 30.6. The fourth-order valence-corrected chi connectivity index (χ4v) is 9.37. The molecule has 0 unspecified atom stereocenters. The third-order valence-corrected chi connectivity index (χ3v) is 11.2. The van der Waals surface area contributed by atoms with E-state index >= 15 is 0 Å². The van der Waals surface area contributed by atoms with Crippen LogP contribution in [0.4, 0.5) is 11.4 Å². The minimum atomic E-state index is -3.07. The lowest BCUT2D eigenvalue weighted by Gasteiger charge is -2.32. The van der Waals surface area contributed by atoms with Crippen molar-refractivity contribution in [2.24, 2.45) is 5.92 Å². The second-order valence-corrected chi connectivity index (χ2v) is 15.9. The highest BCUT2D eigenvalue weighted by molar-refractivity contribution is 6.71. The van der Waals surface area contributed by atoms with Crippen molar-refractivity contribution in [2.45, 2.75) is 56.8 Å². The number of benzene rings is 3. The van der Waals surface area contributed by atoms with Crippen LogP contribution in [-0.4, -0.2) is 59.1 Å². The second kappa shape index (κ2) is 12.0. The zero-order valence-electron chi connectivity index (χ0n) is 24.6. The summed E-state index contributed by atoms with van der Waals surface area (Å²) in [5, 5.41) is 21.5. The highest BCUT2D eigenvalue weighted by Crippen LogP contribution is 2.60. The van der Waals surface area contributed by atoms with Gasteiger partial charge in [-0.15, -0.1) is 0 Å². The van der Waals surface area contributed by atoms with E-state index in [-0.39, 0.29) is 50.2 Å². The molecule has 0 aliphatic carbocycles. The number of carbonyl (C=O) groups excluding carboxylic acids is 2. The van der Waals surface area contributed by atoms with E-state index in [9.17, 15) is 29.6 Å². The Kier molecular flexibility index (Phi) is 8.53. The van der Waals surface area contributed by atoms with Crippen LogP contribution in [0.1, 0.15) is 30.0 Å². The molecule has 11 heteroatoms. The van der Waals surface area contributed by atoms with Gasteiger partial charge in [0.2, 0.25) is 5.91 Å². The number of aliphatic hydroxyl groups excluding tert-OH is 1. The predicted octanol–water partition coefficient (Wildman–Crippen LogP) is 4.35. The summed E-state index contributed by atoms with van der Waals surface area (Å²) in [5.41, 5.74) is 0.362. The summed E-state index contributed by atoms with van der Waals surface area (Å²) in [6.07, 6.45) is -0.935. The van der Waals surface area contributed by atoms with E-state index in [0.717, 1.165) is 11.1 Å². The van der Waals surface area contributed by atoms with Crippen molar-refractivity contribution in [1.29, 1.82) is 0 Å². The van der Waals surface area contributed by atoms with E-state index < -0.39 is 36.4 Å². The smallest absolute Gasteiger partial charge is 0.269 e. The molecule has 1 saturated heterocycles. The van der Waals surface area contributed by atoms with Crippen molar-refractivity contribution in [3.8, 4) is 0 Å². The number of non-ortho nitro benzene ring substituents is 1. The van der Waals surface area contributed by atoms with E-state index in [1.54, 1.807) is 29.0 Å². The van der Waals surface area contributed by atoms with Gasteiger partial charge in [0.05, 0.1) is 36.3 Å². The lowest BCUT2D eigenvalue weighted by Crippen LogP contribution is -2.46. The van der Waals surface area contributed by atoms with Gasteiger partial charge < -0.3 is 24.4 Å². The van der Waals surface area contributed by atoms with E-state index in [1.165, 1.54) is 12.1 Å². The molecule has 0 bridgehead atoms. The number of nitro benzene ring substituents is 1. The summed E-state index contributed by atoms with van der Waals surface area (Å²) in [5.74, 6) is -1.22. The van der Waals surface area contributed by atoms with Crippen molar-refractivity contribution in [1.82, 2.24) is 4.90 Å². The maximum absolute atomic E-state index is 14.5. The molecule has 3 aromatic rings. The largest absolute Gasteiger partial charge is 0.432 e. The Hall–Kier alpha value is -3.90. The Bertz CT molecular complexity index is 1500. The first-order chi connectivity index (χ1) is 20.5. The number of carbonyl (C=O) groups is 2. The quantitative estimate of drug-likeness (QED) is 0.200. The number of aliphatic hydroxyl groups is 1. The standard InChI is InChI=1S/C32H37N3O7Si/c1-22-30(43(2,3)41)28(19-29(37)33(16-17-36)20-23-10-6-4-7-11-23)42-32(22)26-18-25(35(39)40)14-15-27(26)34(31(32)38)21-24-12-8-5-9-13-24/h4-15,18,22,28,30,36,41H,16-17,19-21H2,1-3H3/t22-,28+,30-,32+/m0/s1. The number of amides is 2. The summed E-state index contributed by atoms with van der Waals surface area (Å²) in [4.78, 5) is 54.2. The molecule has 1 spiro atoms. The van der Waals surface area contributed by atoms with Gasteiger partial charge in [-0.2, -0.15) is 0 Å². The van der Waals surface area contributed by atoms with Gasteiger partial charge in [0.1, 0.15) is 0 Å². The van der Waals surface area contributed by atoms with E-state index in [0.29, 0.717) is 11.3 Å². The van der Waals surface area contributed by atoms with Crippen LogP contribution in [-0.2, 0) is 33.0 Å². The Labute approximate surface area is 251 Å². The lowest BCUT2D eigenvalue weighted by molar-refractivity contribution is -0.385. The Morgan fingerprint density at radius 1 is 1.07 bits per heavy atom. The molecule has 5 rings (SSSR count). The maximum Gasteiger partial charge on any atom is 0.269 e. The van der Waals surface area contributed by atoms with Gasteiger partial charge in [-0.1, -0.05) is 67.6 Å². The highest BCUT2D eigenvalue weighted by Gasteiger charge is 2.66. The second-order valence-electron chi connectivity index (χ2n) is 11.9. The van der Waals surface area contributed by atoms with Gasteiger partial charge in [-0.3, -0.25) is 19.7 Å². The first-order valence-electron chi connectivity index (χ1n) is 14.4. The molecule has 0 saturated carbocycles. The molecule has 2 aliphatic rings. The molecule has 226 valence electrons. The summed E-state index contributed by atoms with van der Waals surface area (Å²) in [7, 11) is -3.07. The van der Waals surface area contributed by atoms with Crippen LogP contribution in [0.25, 0.3) is 0 Å². The molecule has 3 aromatic carbocycles. The van der Waals surface area contributed by atoms with Crippen LogP contribution < -0.4 is 4.90 Å². The Morgan fingerprint density at radius 3 is 2.28 bits per heavy atom. The third kappa shape index (κ3) is 5.73. The topological polar surface area (TPSA) is 133 Å². The summed E-state index contributed by atoms with van der Waals surface area (Å²) in [6, 6.07) is 23.2. The molecular formula is C32H37N3O7Si. The van der Waals surface area contributed by atoms with E-state index in [2.05, 4.69) is 0 Å². The van der Waals surface area contributed by atoms with Gasteiger partial charge in [-0.05, 0) is 30.3 Å². The molecule has 43 heavy (non-hydrogen) atoms. The fraction of sp³-hybridized carbons (Fsp3) is 0.375. The third-order valence-electron chi connectivity index (χ3n) is 8.68. The van der Waals surface area contributed by atoms with Gasteiger partial charge in [0.25, 0.3) is 11.6 Å². The SMILES string of the molecule is C[C@H]1[C@H]([Si](C)(C)O)[C@@H](CC(=O)N(CCO)Cc2ccccc2)O[C@]12C(=O)N(Cc1ccccc1)c1ccc([N+](=O)[O-])cc12. The number of ether oxygens (including phenoxy) is 1. The first-order valence-corrected chi connectivity index (χ1v) is 17.5. The van der Waals surface area contributed by atoms with Crippen molar-refractivity contribution in [3.05, 3.63) is 106 Å². The molecule has 0 aromatic heterocycles. The molecule has 2 amide bonds. The number of fused-ring (bicyclic) bond motifs is 2. The van der Waals surface area contributed by atoms with Crippen LogP contribution in [0, 0.1) is 16.0 Å². The maximum atomic E-state index is 14.5. The lowest BCUT2D eigenvalue weighted by atomic mass is 9.82. The minimum Gasteiger partial charge on any atom is -0.432 e. The number of hydrogen-bond acceptors (Lipinski definition) is 7. The van der Waals surface area contributed by atoms with Crippen LogP contribution in [0.3, 0.4) is 0 Å². The van der Waals surface area contributed by atoms with Crippen LogP contribution in [0.5, 0.6) is 0 Å². The molecule has 2 N–H and O–H groups in total. The summed E-state index contributed by atoms with van der Waals surface area (Å²) >= 11 is 0. The number of hydrogen-bond donors (Lipinski definition) is 2. The number of rotatable bonds is 10. The van der Waals surface area contributed by atoms with Crippen molar-refractivity contribution in [3.63, 3.8) is 0 Å². The zero-order valence-corrected chi connectivity index (χ0v) is 25.6. The van der Waals surface area contributed by atoms with Crippen LogP contribution >= 0.6 is 0 Å². The molecule has 2 aliphatic heterocycles. The Morgan fingerprint density at radius 2 is 1.70 bits per heavy atom. The number of anilines is 1. The summed E-state index contributed by atoms with van der Waals surface area (Å²) in [6.45, 7) is 5.78. The molecule has 4 atom stereocenters. The van der Waals surface area contributed by atoms with Crippen molar-refractivity contribution < 1.29 is 29.2 Å². The van der Waals surface area contributed by atoms with Crippen molar-refractivity contribution >= 4 is 31.5 Å². The van der Waals surface area contributed by atoms with Crippen molar-refractivity contribution in [2.75, 3.05) is 18.1 Å². The summed E-state index contributed by atoms with van der Waals surface area (Å²) < 4.78 is 6.70. The molecular weight excluding hydrogens is 566 g/mol. The van der Waals surface area contributed by atoms with Gasteiger partial charge in [0, 0.05) is 42.2 Å². The molecule has 1 fully saturated rings. The van der Waals surface area contributed by atoms with E-state index in [1.807, 2.05) is 67.6 Å². The van der Waals surface area contributed by atoms with Gasteiger partial charge in [-0.25, -0.2) is 0 Å². The average Bonchev–Trinajstić information content (AvgIpc) is 3.40. The molecule has 0 radical (unpaired) electrons. The highest BCUT2D eigenvalue weighted by atomic mass is 28.4. The number of nitro groups is 1. The van der Waals surface area contributed by atoms with Crippen LogP contribution in [0.2, 0.25) is 18.6 Å². The molecule has 2 heterocycles. The van der Waals surface area contributed by atoms with Crippen LogP contribution in [0.15, 0.2) is 78.9 Å². The Balaban J connectivity index is 1.54. The normalized spacial score (nSPS) is 23.0. The molecule has 10 nitrogen and oxygen atoms in total. The minimum absolute atomic E-state index is 0.114. The average molecular weight is 604 g/mol. The van der Waals surface area contributed by atoms with E-state index in [4.69, 9.17) is 4.74 Å². The van der Waals surface area contributed by atoms with Gasteiger partial charge >= 0.3 is 0 Å². The van der Waals surface area contributed by atoms with Gasteiger partial charge in [0.15, 0.2) is 13.9 Å². The predicted molar refractivity (Wildman–Crippen MR) is 163 cm³/mol. The zero-order chi connectivity index (χ0) is 30.9. The fourth-order valence-electron chi connectivity index (χ4n) is 6.82. The monoisotopic (exact) mass is 603 g/mol. The number of nitrogens with zero attached hydrogens (tertiary/aromatic N) is 3.